The van der Waals surface area contributed by atoms with Gasteiger partial charge < -0.3 is 5.11 Å². The van der Waals surface area contributed by atoms with Gasteiger partial charge in [-0.25, -0.2) is 17.5 Å². The number of hydrogen-bond acceptors (Lipinski definition) is 3. The molecule has 0 spiro atoms. The topological polar surface area (TPSA) is 66.4 Å². The minimum absolute atomic E-state index is 0.272. The highest BCUT2D eigenvalue weighted by molar-refractivity contribution is 7.89. The van der Waals surface area contributed by atoms with Gasteiger partial charge in [-0.1, -0.05) is 12.1 Å². The molecule has 2 atom stereocenters. The van der Waals surface area contributed by atoms with Gasteiger partial charge in [-0.05, 0) is 32.4 Å². The molecule has 4 nitrogen and oxygen atoms in total. The summed E-state index contributed by atoms with van der Waals surface area (Å²) in [5, 5.41) is 9.14. The van der Waals surface area contributed by atoms with Crippen LogP contribution in [0.3, 0.4) is 0 Å². The summed E-state index contributed by atoms with van der Waals surface area (Å²) in [6.45, 7) is 3.18. The Kier molecular flexibility index (Phi) is 4.62. The zero-order valence-corrected chi connectivity index (χ0v) is 10.5. The van der Waals surface area contributed by atoms with Gasteiger partial charge in [-0.15, -0.1) is 0 Å². The van der Waals surface area contributed by atoms with Gasteiger partial charge in [0, 0.05) is 6.04 Å². The summed E-state index contributed by atoms with van der Waals surface area (Å²) in [5.41, 5.74) is 0. The quantitative estimate of drug-likeness (QED) is 0.838. The number of aliphatic hydroxyl groups is 1. The molecule has 1 rings (SSSR count). The highest BCUT2D eigenvalue weighted by atomic mass is 32.2. The molecule has 0 aliphatic rings. The van der Waals surface area contributed by atoms with Crippen molar-refractivity contribution >= 4 is 10.0 Å². The molecule has 2 N–H and O–H groups in total. The summed E-state index contributed by atoms with van der Waals surface area (Å²) in [6, 6.07) is 4.71. The van der Waals surface area contributed by atoms with Crippen LogP contribution in [0, 0.1) is 5.82 Å². The maximum Gasteiger partial charge on any atom is 0.243 e. The maximum absolute atomic E-state index is 13.3. The van der Waals surface area contributed by atoms with E-state index < -0.39 is 28.0 Å². The Morgan fingerprint density at radius 3 is 2.47 bits per heavy atom. The van der Waals surface area contributed by atoms with Crippen molar-refractivity contribution in [1.29, 1.82) is 0 Å². The standard InChI is InChI=1S/C11H16FNO3S/c1-8(7-9(2)14)13-17(15,16)11-6-4-3-5-10(11)12/h3-6,8-9,13-14H,7H2,1-2H3. The van der Waals surface area contributed by atoms with E-state index in [0.29, 0.717) is 0 Å². The third kappa shape index (κ3) is 4.07. The normalized spacial score (nSPS) is 15.5. The van der Waals surface area contributed by atoms with E-state index in [4.69, 9.17) is 5.11 Å². The van der Waals surface area contributed by atoms with E-state index in [1.807, 2.05) is 0 Å². The van der Waals surface area contributed by atoms with Crippen LogP contribution in [0.15, 0.2) is 29.2 Å². The third-order valence-corrected chi connectivity index (χ3v) is 3.80. The van der Waals surface area contributed by atoms with Crippen molar-refractivity contribution < 1.29 is 17.9 Å². The van der Waals surface area contributed by atoms with Crippen LogP contribution in [0.25, 0.3) is 0 Å². The molecule has 0 aromatic heterocycles. The lowest BCUT2D eigenvalue weighted by molar-refractivity contribution is 0.175. The molecule has 0 saturated carbocycles. The Hall–Kier alpha value is -0.980. The van der Waals surface area contributed by atoms with Crippen molar-refractivity contribution in [3.8, 4) is 0 Å². The van der Waals surface area contributed by atoms with E-state index in [1.54, 1.807) is 13.8 Å². The van der Waals surface area contributed by atoms with Crippen LogP contribution < -0.4 is 4.72 Å². The molecule has 2 unspecified atom stereocenters. The lowest BCUT2D eigenvalue weighted by Crippen LogP contribution is -2.35. The predicted molar refractivity (Wildman–Crippen MR) is 62.5 cm³/mol. The summed E-state index contributed by atoms with van der Waals surface area (Å²) < 4.78 is 39.3. The van der Waals surface area contributed by atoms with Gasteiger partial charge in [0.05, 0.1) is 6.10 Å². The molecule has 0 amide bonds. The first-order chi connectivity index (χ1) is 7.83. The van der Waals surface area contributed by atoms with Crippen LogP contribution in [0.2, 0.25) is 0 Å². The van der Waals surface area contributed by atoms with E-state index in [2.05, 4.69) is 4.72 Å². The molecule has 0 bridgehead atoms. The first-order valence-corrected chi connectivity index (χ1v) is 6.76. The van der Waals surface area contributed by atoms with Gasteiger partial charge in [-0.3, -0.25) is 0 Å². The number of aliphatic hydroxyl groups excluding tert-OH is 1. The molecule has 1 aromatic rings. The number of nitrogens with one attached hydrogen (secondary N) is 1. The van der Waals surface area contributed by atoms with Gasteiger partial charge in [0.25, 0.3) is 0 Å². The van der Waals surface area contributed by atoms with Crippen molar-refractivity contribution in [2.45, 2.75) is 37.3 Å². The molecule has 0 radical (unpaired) electrons. The monoisotopic (exact) mass is 261 g/mol. The Morgan fingerprint density at radius 1 is 1.35 bits per heavy atom. The number of sulfonamides is 1. The molecule has 0 fully saturated rings. The molecule has 6 heteroatoms. The maximum atomic E-state index is 13.3. The molecule has 0 saturated heterocycles. The number of benzene rings is 1. The Morgan fingerprint density at radius 2 is 1.94 bits per heavy atom. The Bertz CT molecular complexity index is 473. The Balaban J connectivity index is 2.86. The molecular weight excluding hydrogens is 245 g/mol. The van der Waals surface area contributed by atoms with Gasteiger partial charge in [0.1, 0.15) is 10.7 Å². The van der Waals surface area contributed by atoms with Crippen molar-refractivity contribution in [1.82, 2.24) is 4.72 Å². The molecule has 0 aliphatic heterocycles. The van der Waals surface area contributed by atoms with Crippen LogP contribution in [0.5, 0.6) is 0 Å². The van der Waals surface area contributed by atoms with Crippen molar-refractivity contribution in [2.24, 2.45) is 0 Å². The van der Waals surface area contributed by atoms with Gasteiger partial charge in [0.2, 0.25) is 10.0 Å². The number of hydrogen-bond donors (Lipinski definition) is 2. The number of halogens is 1. The van der Waals surface area contributed by atoms with Crippen LogP contribution in [-0.2, 0) is 10.0 Å². The molecule has 96 valence electrons. The van der Waals surface area contributed by atoms with Crippen molar-refractivity contribution in [3.05, 3.63) is 30.1 Å². The second kappa shape index (κ2) is 5.57. The smallest absolute Gasteiger partial charge is 0.243 e. The Labute approximate surface area is 101 Å². The summed E-state index contributed by atoms with van der Waals surface area (Å²) in [7, 11) is -3.87. The van der Waals surface area contributed by atoms with E-state index in [0.717, 1.165) is 6.07 Å². The van der Waals surface area contributed by atoms with Crippen molar-refractivity contribution in [3.63, 3.8) is 0 Å². The minimum Gasteiger partial charge on any atom is -0.393 e. The summed E-state index contributed by atoms with van der Waals surface area (Å²) >= 11 is 0. The van der Waals surface area contributed by atoms with Crippen LogP contribution in [0.1, 0.15) is 20.3 Å². The predicted octanol–water partition coefficient (Wildman–Crippen LogP) is 1.26. The fraction of sp³-hybridized carbons (Fsp3) is 0.455. The number of rotatable bonds is 5. The van der Waals surface area contributed by atoms with Crippen LogP contribution in [-0.4, -0.2) is 25.7 Å². The lowest BCUT2D eigenvalue weighted by Gasteiger charge is -2.15. The summed E-state index contributed by atoms with van der Waals surface area (Å²) in [6.07, 6.45) is -0.346. The molecule has 1 aromatic carbocycles. The van der Waals surface area contributed by atoms with E-state index in [9.17, 15) is 12.8 Å². The van der Waals surface area contributed by atoms with Crippen molar-refractivity contribution in [2.75, 3.05) is 0 Å². The molecule has 17 heavy (non-hydrogen) atoms. The first-order valence-electron chi connectivity index (χ1n) is 5.28. The molecular formula is C11H16FNO3S. The highest BCUT2D eigenvalue weighted by Crippen LogP contribution is 2.14. The van der Waals surface area contributed by atoms with Crippen LogP contribution >= 0.6 is 0 Å². The van der Waals surface area contributed by atoms with E-state index in [-0.39, 0.29) is 11.3 Å². The van der Waals surface area contributed by atoms with Gasteiger partial charge in [-0.2, -0.15) is 0 Å². The largest absolute Gasteiger partial charge is 0.393 e. The zero-order valence-electron chi connectivity index (χ0n) is 9.72. The van der Waals surface area contributed by atoms with Gasteiger partial charge >= 0.3 is 0 Å². The molecule has 0 aliphatic carbocycles. The molecule has 0 heterocycles. The zero-order chi connectivity index (χ0) is 13.1. The second-order valence-corrected chi connectivity index (χ2v) is 5.72. The lowest BCUT2D eigenvalue weighted by atomic mass is 10.2. The fourth-order valence-corrected chi connectivity index (χ4v) is 2.89. The van der Waals surface area contributed by atoms with Crippen LogP contribution in [0.4, 0.5) is 4.39 Å². The summed E-state index contributed by atoms with van der Waals surface area (Å²) in [5.74, 6) is -0.788. The summed E-state index contributed by atoms with van der Waals surface area (Å²) in [4.78, 5) is -0.377. The first kappa shape index (κ1) is 14.1. The SMILES string of the molecule is CC(O)CC(C)NS(=O)(=O)c1ccccc1F. The minimum atomic E-state index is -3.87. The average molecular weight is 261 g/mol. The van der Waals surface area contributed by atoms with E-state index >= 15 is 0 Å². The van der Waals surface area contributed by atoms with Gasteiger partial charge in [0.15, 0.2) is 0 Å². The average Bonchev–Trinajstić information content (AvgIpc) is 2.15. The fourth-order valence-electron chi connectivity index (χ4n) is 1.55. The third-order valence-electron chi connectivity index (χ3n) is 2.18. The second-order valence-electron chi connectivity index (χ2n) is 4.04. The van der Waals surface area contributed by atoms with E-state index in [1.165, 1.54) is 18.2 Å². The highest BCUT2D eigenvalue weighted by Gasteiger charge is 2.21.